The largest absolute Gasteiger partial charge is 0.304 e. The van der Waals surface area contributed by atoms with Crippen LogP contribution in [0, 0.1) is 6.92 Å². The summed E-state index contributed by atoms with van der Waals surface area (Å²) in [6.45, 7) is 4.83. The molecule has 0 radical (unpaired) electrons. The Balaban J connectivity index is 1.88. The summed E-state index contributed by atoms with van der Waals surface area (Å²) in [6, 6.07) is 7.95. The fraction of sp³-hybridized carbons (Fsp3) is 0.250. The molecule has 1 N–H and O–H groups in total. The number of benzene rings is 1. The number of hydrogen-bond donors (Lipinski definition) is 1. The number of pyridine rings is 1. The number of nitrogens with one attached hydrogen (secondary N) is 1. The minimum atomic E-state index is -0.465. The van der Waals surface area contributed by atoms with Gasteiger partial charge in [-0.05, 0) is 35.5 Å². The van der Waals surface area contributed by atoms with Crippen LogP contribution < -0.4 is 5.32 Å². The van der Waals surface area contributed by atoms with Crippen molar-refractivity contribution in [1.82, 2.24) is 30.4 Å². The summed E-state index contributed by atoms with van der Waals surface area (Å²) in [5.41, 5.74) is 3.27. The molecule has 0 saturated heterocycles. The molecule has 0 aliphatic carbocycles. The third kappa shape index (κ3) is 2.68. The zero-order valence-corrected chi connectivity index (χ0v) is 15.1. The van der Waals surface area contributed by atoms with Crippen LogP contribution in [0.3, 0.4) is 0 Å². The van der Waals surface area contributed by atoms with E-state index < -0.39 is 5.37 Å². The van der Waals surface area contributed by atoms with Crippen molar-refractivity contribution >= 4 is 45.3 Å². The molecule has 0 bridgehead atoms. The lowest BCUT2D eigenvalue weighted by Gasteiger charge is -2.20. The second-order valence-electron chi connectivity index (χ2n) is 6.00. The van der Waals surface area contributed by atoms with E-state index in [1.165, 1.54) is 30.6 Å². The number of nitrogens with zero attached hydrogens (tertiary/aromatic N) is 6. The average Bonchev–Trinajstić information content (AvgIpc) is 3.20. The second-order valence-corrected chi connectivity index (χ2v) is 7.07. The van der Waals surface area contributed by atoms with Crippen LogP contribution in [-0.2, 0) is 9.59 Å². The van der Waals surface area contributed by atoms with E-state index in [9.17, 15) is 9.59 Å². The first-order valence-corrected chi connectivity index (χ1v) is 8.76. The fourth-order valence-corrected chi connectivity index (χ4v) is 4.04. The topological polar surface area (TPSA) is 105 Å². The number of amidine groups is 1. The van der Waals surface area contributed by atoms with Gasteiger partial charge < -0.3 is 5.32 Å². The maximum Gasteiger partial charge on any atom is 0.241 e. The minimum Gasteiger partial charge on any atom is -0.304 e. The van der Waals surface area contributed by atoms with Crippen LogP contribution in [-0.4, -0.2) is 42.0 Å². The number of tetrazole rings is 1. The van der Waals surface area contributed by atoms with Gasteiger partial charge in [0, 0.05) is 24.8 Å². The normalized spacial score (nSPS) is 17.0. The number of carbonyl (C=O) groups is 2. The first kappa shape index (κ1) is 16.5. The van der Waals surface area contributed by atoms with Gasteiger partial charge in [-0.2, -0.15) is 4.52 Å². The van der Waals surface area contributed by atoms with E-state index in [2.05, 4.69) is 25.9 Å². The van der Waals surface area contributed by atoms with Crippen molar-refractivity contribution in [3.8, 4) is 0 Å². The SMILES string of the molecule is CC(=O)NC1=NN(C(C)=O)C(c2cc3cc(C)ccc3n3nnnc23)S1. The number of carbonyl (C=O) groups excluding carboxylic acids is 2. The minimum absolute atomic E-state index is 0.238. The van der Waals surface area contributed by atoms with Crippen LogP contribution in [0.5, 0.6) is 0 Å². The van der Waals surface area contributed by atoms with Gasteiger partial charge in [-0.15, -0.1) is 10.2 Å². The molecule has 10 heteroatoms. The maximum atomic E-state index is 12.1. The number of amides is 2. The summed E-state index contributed by atoms with van der Waals surface area (Å²) < 4.78 is 1.65. The molecule has 132 valence electrons. The third-order valence-electron chi connectivity index (χ3n) is 3.97. The molecule has 3 aromatic rings. The molecule has 1 aliphatic heterocycles. The fourth-order valence-electron chi connectivity index (χ4n) is 2.89. The molecular formula is C16H15N7O2S. The molecule has 0 spiro atoms. The molecule has 2 aromatic heterocycles. The number of aryl methyl sites for hydroxylation is 1. The van der Waals surface area contributed by atoms with Gasteiger partial charge >= 0.3 is 0 Å². The molecule has 1 atom stereocenters. The molecule has 0 saturated carbocycles. The second kappa shape index (κ2) is 6.06. The van der Waals surface area contributed by atoms with Gasteiger partial charge in [0.1, 0.15) is 5.37 Å². The van der Waals surface area contributed by atoms with E-state index in [0.717, 1.165) is 22.0 Å². The first-order chi connectivity index (χ1) is 12.4. The Labute approximate surface area is 152 Å². The summed E-state index contributed by atoms with van der Waals surface area (Å²) in [5, 5.41) is 21.1. The Hall–Kier alpha value is -3.01. The molecule has 2 amide bonds. The summed E-state index contributed by atoms with van der Waals surface area (Å²) in [6.07, 6.45) is 0. The van der Waals surface area contributed by atoms with Crippen LogP contribution in [0.2, 0.25) is 0 Å². The Morgan fingerprint density at radius 3 is 2.77 bits per heavy atom. The first-order valence-electron chi connectivity index (χ1n) is 7.88. The zero-order valence-electron chi connectivity index (χ0n) is 14.3. The van der Waals surface area contributed by atoms with Gasteiger partial charge in [0.05, 0.1) is 5.52 Å². The predicted octanol–water partition coefficient (Wildman–Crippen LogP) is 1.59. The maximum absolute atomic E-state index is 12.1. The molecule has 0 fully saturated rings. The van der Waals surface area contributed by atoms with Crippen molar-refractivity contribution in [3.63, 3.8) is 0 Å². The summed E-state index contributed by atoms with van der Waals surface area (Å²) in [5.74, 6) is -0.485. The predicted molar refractivity (Wildman–Crippen MR) is 97.1 cm³/mol. The smallest absolute Gasteiger partial charge is 0.241 e. The highest BCUT2D eigenvalue weighted by Gasteiger charge is 2.34. The molecule has 1 aromatic carbocycles. The molecule has 9 nitrogen and oxygen atoms in total. The van der Waals surface area contributed by atoms with Gasteiger partial charge in [0.15, 0.2) is 10.8 Å². The van der Waals surface area contributed by atoms with Crippen molar-refractivity contribution in [3.05, 3.63) is 35.4 Å². The molecule has 1 aliphatic rings. The van der Waals surface area contributed by atoms with Gasteiger partial charge in [-0.25, -0.2) is 5.01 Å². The quantitative estimate of drug-likeness (QED) is 0.698. The van der Waals surface area contributed by atoms with Crippen molar-refractivity contribution in [2.24, 2.45) is 5.10 Å². The van der Waals surface area contributed by atoms with Crippen molar-refractivity contribution in [2.75, 3.05) is 0 Å². The van der Waals surface area contributed by atoms with E-state index in [0.29, 0.717) is 10.8 Å². The van der Waals surface area contributed by atoms with E-state index in [1.54, 1.807) is 4.52 Å². The van der Waals surface area contributed by atoms with Crippen LogP contribution in [0.4, 0.5) is 0 Å². The summed E-state index contributed by atoms with van der Waals surface area (Å²) in [4.78, 5) is 23.4. The lowest BCUT2D eigenvalue weighted by molar-refractivity contribution is -0.129. The number of fused-ring (bicyclic) bond motifs is 3. The molecule has 4 rings (SSSR count). The number of aromatic nitrogens is 4. The lowest BCUT2D eigenvalue weighted by Crippen LogP contribution is -2.25. The van der Waals surface area contributed by atoms with Gasteiger partial charge in [-0.1, -0.05) is 23.4 Å². The van der Waals surface area contributed by atoms with E-state index in [4.69, 9.17) is 0 Å². The molecule has 1 unspecified atom stereocenters. The number of thioether (sulfide) groups is 1. The Morgan fingerprint density at radius 2 is 2.04 bits per heavy atom. The van der Waals surface area contributed by atoms with E-state index >= 15 is 0 Å². The van der Waals surface area contributed by atoms with Crippen LogP contribution in [0.15, 0.2) is 29.4 Å². The average molecular weight is 369 g/mol. The highest BCUT2D eigenvalue weighted by atomic mass is 32.2. The highest BCUT2D eigenvalue weighted by Crippen LogP contribution is 2.41. The van der Waals surface area contributed by atoms with Crippen LogP contribution in [0.1, 0.15) is 30.3 Å². The van der Waals surface area contributed by atoms with Gasteiger partial charge in [0.2, 0.25) is 11.8 Å². The summed E-state index contributed by atoms with van der Waals surface area (Å²) in [7, 11) is 0. The highest BCUT2D eigenvalue weighted by molar-refractivity contribution is 8.14. The van der Waals surface area contributed by atoms with Crippen molar-refractivity contribution in [1.29, 1.82) is 0 Å². The lowest BCUT2D eigenvalue weighted by atomic mass is 10.1. The van der Waals surface area contributed by atoms with Crippen molar-refractivity contribution in [2.45, 2.75) is 26.1 Å². The Kier molecular flexibility index (Phi) is 3.83. The Bertz CT molecular complexity index is 1090. The van der Waals surface area contributed by atoms with E-state index in [1.807, 2.05) is 31.2 Å². The molecule has 3 heterocycles. The van der Waals surface area contributed by atoms with Gasteiger partial charge in [0.25, 0.3) is 0 Å². The standard InChI is InChI=1S/C16H15N7O2S/c1-8-4-5-13-11(6-8)7-12(14-18-20-21-23(13)14)15-22(10(3)25)19-16(26-15)17-9(2)24/h4-7,15H,1-3H3,(H,17,19,24). The van der Waals surface area contributed by atoms with Crippen LogP contribution in [0.25, 0.3) is 16.6 Å². The monoisotopic (exact) mass is 369 g/mol. The van der Waals surface area contributed by atoms with Crippen molar-refractivity contribution < 1.29 is 9.59 Å². The molecular weight excluding hydrogens is 354 g/mol. The van der Waals surface area contributed by atoms with Gasteiger partial charge in [-0.3, -0.25) is 9.59 Å². The Morgan fingerprint density at radius 1 is 1.23 bits per heavy atom. The number of rotatable bonds is 1. The molecule has 26 heavy (non-hydrogen) atoms. The zero-order chi connectivity index (χ0) is 18.4. The van der Waals surface area contributed by atoms with E-state index in [-0.39, 0.29) is 11.8 Å². The third-order valence-corrected chi connectivity index (χ3v) is 5.05. The summed E-state index contributed by atoms with van der Waals surface area (Å²) >= 11 is 1.27. The van der Waals surface area contributed by atoms with Crippen LogP contribution >= 0.6 is 11.8 Å². The number of hydrogen-bond acceptors (Lipinski definition) is 7. The number of hydrazone groups is 1.